The maximum Gasteiger partial charge on any atom is 0.347 e. The smallest absolute Gasteiger partial charge is 0.244 e. The van der Waals surface area contributed by atoms with Gasteiger partial charge in [0.1, 0.15) is 0 Å². The van der Waals surface area contributed by atoms with Gasteiger partial charge >= 0.3 is 9.24 Å². The fourth-order valence-electron chi connectivity index (χ4n) is 1.31. The average molecular weight is 282 g/mol. The molecule has 0 aliphatic heterocycles. The fraction of sp³-hybridized carbons (Fsp3) is 0.333. The molecule has 0 bridgehead atoms. The summed E-state index contributed by atoms with van der Waals surface area (Å²) in [7, 11) is -2.10. The molecule has 0 saturated carbocycles. The van der Waals surface area contributed by atoms with Crippen LogP contribution in [0, 0.1) is 6.92 Å². The Morgan fingerprint density at radius 2 is 1.81 bits per heavy atom. The summed E-state index contributed by atoms with van der Waals surface area (Å²) in [5.74, 6) is 0.101. The standard InChI is InChI=1S/C9H12ClNO3S2/c1-3-15(12,11-16(10,13)14)9-7-5-4-6-8(9)2/h4-7H,3H2,1-2H3. The van der Waals surface area contributed by atoms with Crippen LogP contribution in [0.3, 0.4) is 0 Å². The van der Waals surface area contributed by atoms with Crippen LogP contribution in [0.2, 0.25) is 0 Å². The van der Waals surface area contributed by atoms with Crippen molar-refractivity contribution in [2.45, 2.75) is 18.7 Å². The number of hydrogen-bond acceptors (Lipinski definition) is 3. The number of benzene rings is 1. The molecular weight excluding hydrogens is 270 g/mol. The van der Waals surface area contributed by atoms with Gasteiger partial charge in [-0.25, -0.2) is 4.21 Å². The van der Waals surface area contributed by atoms with Crippen LogP contribution in [0.25, 0.3) is 0 Å². The van der Waals surface area contributed by atoms with Crippen LogP contribution < -0.4 is 0 Å². The van der Waals surface area contributed by atoms with Crippen molar-refractivity contribution in [3.8, 4) is 0 Å². The number of nitrogens with zero attached hydrogens (tertiary/aromatic N) is 1. The van der Waals surface area contributed by atoms with Crippen molar-refractivity contribution in [3.05, 3.63) is 29.8 Å². The number of hydrogen-bond donors (Lipinski definition) is 0. The van der Waals surface area contributed by atoms with Crippen molar-refractivity contribution in [1.29, 1.82) is 0 Å². The first-order chi connectivity index (χ1) is 7.28. The zero-order valence-corrected chi connectivity index (χ0v) is 11.3. The van der Waals surface area contributed by atoms with Crippen molar-refractivity contribution < 1.29 is 12.6 Å². The Bertz CT molecular complexity index is 601. The number of aryl methyl sites for hydroxylation is 1. The lowest BCUT2D eigenvalue weighted by Crippen LogP contribution is -2.07. The normalized spacial score (nSPS) is 15.4. The molecule has 0 aliphatic carbocycles. The fourth-order valence-corrected chi connectivity index (χ4v) is 5.19. The summed E-state index contributed by atoms with van der Waals surface area (Å²) in [4.78, 5) is 0.418. The highest BCUT2D eigenvalue weighted by Gasteiger charge is 2.16. The number of rotatable bonds is 3. The summed E-state index contributed by atoms with van der Waals surface area (Å²) in [5.41, 5.74) is 0.735. The molecule has 0 saturated heterocycles. The molecule has 1 aromatic rings. The van der Waals surface area contributed by atoms with Crippen LogP contribution in [0.4, 0.5) is 0 Å². The Balaban J connectivity index is 3.57. The van der Waals surface area contributed by atoms with Crippen LogP contribution in [-0.4, -0.2) is 18.4 Å². The molecule has 0 heterocycles. The molecule has 0 amide bonds. The van der Waals surface area contributed by atoms with Gasteiger partial charge in [0, 0.05) is 16.4 Å². The highest BCUT2D eigenvalue weighted by Crippen LogP contribution is 2.20. The quantitative estimate of drug-likeness (QED) is 0.799. The van der Waals surface area contributed by atoms with Gasteiger partial charge in [0.25, 0.3) is 0 Å². The van der Waals surface area contributed by atoms with Crippen molar-refractivity contribution >= 4 is 29.6 Å². The van der Waals surface area contributed by atoms with E-state index in [-0.39, 0.29) is 5.75 Å². The third kappa shape index (κ3) is 3.20. The third-order valence-electron chi connectivity index (χ3n) is 2.04. The van der Waals surface area contributed by atoms with Crippen molar-refractivity contribution in [1.82, 2.24) is 0 Å². The van der Waals surface area contributed by atoms with Crippen molar-refractivity contribution in [2.24, 2.45) is 3.77 Å². The summed E-state index contributed by atoms with van der Waals surface area (Å²) >= 11 is 0. The van der Waals surface area contributed by atoms with Gasteiger partial charge in [0.15, 0.2) is 0 Å². The molecular formula is C9H12ClNO3S2. The molecule has 0 aromatic heterocycles. The van der Waals surface area contributed by atoms with Gasteiger partial charge in [-0.1, -0.05) is 28.9 Å². The Morgan fingerprint density at radius 3 is 2.25 bits per heavy atom. The van der Waals surface area contributed by atoms with Gasteiger partial charge in [0.2, 0.25) is 0 Å². The Morgan fingerprint density at radius 1 is 1.25 bits per heavy atom. The van der Waals surface area contributed by atoms with Crippen molar-refractivity contribution in [2.75, 3.05) is 5.75 Å². The van der Waals surface area contributed by atoms with Gasteiger partial charge < -0.3 is 0 Å². The monoisotopic (exact) mass is 281 g/mol. The van der Waals surface area contributed by atoms with Gasteiger partial charge in [-0.2, -0.15) is 8.42 Å². The Labute approximate surface area is 100 Å². The van der Waals surface area contributed by atoms with E-state index in [2.05, 4.69) is 3.77 Å². The van der Waals surface area contributed by atoms with Gasteiger partial charge in [-0.05, 0) is 18.6 Å². The number of halogens is 1. The van der Waals surface area contributed by atoms with Crippen LogP contribution in [0.1, 0.15) is 12.5 Å². The largest absolute Gasteiger partial charge is 0.347 e. The first kappa shape index (κ1) is 13.5. The summed E-state index contributed by atoms with van der Waals surface area (Å²) in [6, 6.07) is 6.82. The molecule has 1 unspecified atom stereocenters. The van der Waals surface area contributed by atoms with Gasteiger partial charge in [0.05, 0.1) is 14.6 Å². The summed E-state index contributed by atoms with van der Waals surface area (Å²) in [6.07, 6.45) is 0. The molecule has 16 heavy (non-hydrogen) atoms. The molecule has 1 atom stereocenters. The molecule has 1 aromatic carbocycles. The zero-order chi connectivity index (χ0) is 12.4. The molecule has 0 fully saturated rings. The third-order valence-corrected chi connectivity index (χ3v) is 6.15. The van der Waals surface area contributed by atoms with E-state index in [0.717, 1.165) is 5.56 Å². The molecule has 90 valence electrons. The second-order valence-electron chi connectivity index (χ2n) is 3.18. The highest BCUT2D eigenvalue weighted by atomic mass is 35.7. The van der Waals surface area contributed by atoms with E-state index in [1.54, 1.807) is 38.1 Å². The second-order valence-corrected chi connectivity index (χ2v) is 8.07. The lowest BCUT2D eigenvalue weighted by molar-refractivity contribution is 0.611. The average Bonchev–Trinajstić information content (AvgIpc) is 2.15. The predicted octanol–water partition coefficient (Wildman–Crippen LogP) is 2.33. The van der Waals surface area contributed by atoms with E-state index in [1.807, 2.05) is 0 Å². The maximum absolute atomic E-state index is 12.4. The van der Waals surface area contributed by atoms with E-state index < -0.39 is 19.0 Å². The van der Waals surface area contributed by atoms with Crippen LogP contribution in [-0.2, 0) is 19.0 Å². The second kappa shape index (κ2) is 4.73. The van der Waals surface area contributed by atoms with E-state index in [0.29, 0.717) is 4.90 Å². The molecule has 0 N–H and O–H groups in total. The van der Waals surface area contributed by atoms with Gasteiger partial charge in [-0.3, -0.25) is 0 Å². The van der Waals surface area contributed by atoms with E-state index in [1.165, 1.54) is 0 Å². The first-order valence-electron chi connectivity index (χ1n) is 4.55. The van der Waals surface area contributed by atoms with E-state index in [9.17, 15) is 12.6 Å². The van der Waals surface area contributed by atoms with Crippen molar-refractivity contribution in [3.63, 3.8) is 0 Å². The SMILES string of the molecule is CCS(=O)(=NS(=O)(=O)Cl)c1ccccc1C. The minimum Gasteiger partial charge on any atom is -0.244 e. The van der Waals surface area contributed by atoms with E-state index in [4.69, 9.17) is 10.7 Å². The zero-order valence-electron chi connectivity index (χ0n) is 8.88. The minimum absolute atomic E-state index is 0.101. The summed E-state index contributed by atoms with van der Waals surface area (Å²) in [6.45, 7) is 3.36. The maximum atomic E-state index is 12.4. The lowest BCUT2D eigenvalue weighted by Gasteiger charge is -2.09. The highest BCUT2D eigenvalue weighted by molar-refractivity contribution is 8.17. The Hall–Kier alpha value is -0.590. The van der Waals surface area contributed by atoms with Crippen LogP contribution >= 0.6 is 10.7 Å². The summed E-state index contributed by atoms with van der Waals surface area (Å²) < 4.78 is 37.4. The molecule has 1 rings (SSSR count). The van der Waals surface area contributed by atoms with Crippen LogP contribution in [0.15, 0.2) is 32.9 Å². The minimum atomic E-state index is -4.14. The first-order valence-corrected chi connectivity index (χ1v) is 8.50. The molecule has 0 spiro atoms. The van der Waals surface area contributed by atoms with E-state index >= 15 is 0 Å². The molecule has 0 aliphatic rings. The molecule has 7 heteroatoms. The Kier molecular flexibility index (Phi) is 3.98. The topological polar surface area (TPSA) is 63.6 Å². The lowest BCUT2D eigenvalue weighted by atomic mass is 10.2. The summed E-state index contributed by atoms with van der Waals surface area (Å²) in [5, 5.41) is 0. The predicted molar refractivity (Wildman–Crippen MR) is 65.3 cm³/mol. The van der Waals surface area contributed by atoms with Crippen LogP contribution in [0.5, 0.6) is 0 Å². The molecule has 4 nitrogen and oxygen atoms in total. The molecule has 0 radical (unpaired) electrons. The van der Waals surface area contributed by atoms with Gasteiger partial charge in [-0.15, -0.1) is 0 Å².